The number of carbonyl (C=O) groups excluding carboxylic acids is 2. The molecule has 0 atom stereocenters. The summed E-state index contributed by atoms with van der Waals surface area (Å²) in [6.45, 7) is 2.04. The van der Waals surface area contributed by atoms with Crippen molar-refractivity contribution in [1.29, 1.82) is 0 Å². The maximum atomic E-state index is 11.4. The summed E-state index contributed by atoms with van der Waals surface area (Å²) in [5.74, 6) is -1.03. The molecule has 1 aromatic rings. The number of unbranched alkanes of at least 4 members (excludes halogenated alkanes) is 1. The Labute approximate surface area is 101 Å². The van der Waals surface area contributed by atoms with E-state index in [1.165, 1.54) is 0 Å². The lowest BCUT2D eigenvalue weighted by molar-refractivity contribution is -0.147. The fraction of sp³-hybridized carbons (Fsp3) is 0.385. The topological polar surface area (TPSA) is 52.6 Å². The van der Waals surface area contributed by atoms with Crippen LogP contribution in [0.1, 0.15) is 30.1 Å². The average Bonchev–Trinajstić information content (AvgIpc) is 2.37. The van der Waals surface area contributed by atoms with Gasteiger partial charge in [0, 0.05) is 0 Å². The van der Waals surface area contributed by atoms with Gasteiger partial charge in [0.05, 0.1) is 12.2 Å². The van der Waals surface area contributed by atoms with Gasteiger partial charge < -0.3 is 9.47 Å². The number of rotatable bonds is 6. The summed E-state index contributed by atoms with van der Waals surface area (Å²) in [6, 6.07) is 8.53. The molecule has 92 valence electrons. The van der Waals surface area contributed by atoms with E-state index in [2.05, 4.69) is 0 Å². The third-order valence-corrected chi connectivity index (χ3v) is 2.09. The normalized spacial score (nSPS) is 9.71. The second kappa shape index (κ2) is 7.44. The van der Waals surface area contributed by atoms with E-state index in [0.29, 0.717) is 12.2 Å². The van der Waals surface area contributed by atoms with Crippen LogP contribution < -0.4 is 0 Å². The first-order valence-corrected chi connectivity index (χ1v) is 5.62. The molecule has 0 spiro atoms. The lowest BCUT2D eigenvalue weighted by Gasteiger charge is -2.05. The van der Waals surface area contributed by atoms with E-state index < -0.39 is 11.9 Å². The van der Waals surface area contributed by atoms with Crippen molar-refractivity contribution in [3.8, 4) is 0 Å². The van der Waals surface area contributed by atoms with Crippen molar-refractivity contribution in [2.75, 3.05) is 13.2 Å². The molecular weight excluding hydrogens is 220 g/mol. The Morgan fingerprint density at radius 1 is 1.12 bits per heavy atom. The number of hydrogen-bond donors (Lipinski definition) is 0. The molecule has 0 saturated carbocycles. The summed E-state index contributed by atoms with van der Waals surface area (Å²) in [7, 11) is 0. The Kier molecular flexibility index (Phi) is 5.79. The van der Waals surface area contributed by atoms with Gasteiger partial charge in [0.15, 0.2) is 6.61 Å². The average molecular weight is 236 g/mol. The predicted molar refractivity (Wildman–Crippen MR) is 62.6 cm³/mol. The van der Waals surface area contributed by atoms with Crippen LogP contribution >= 0.6 is 0 Å². The second-order valence-electron chi connectivity index (χ2n) is 3.52. The minimum atomic E-state index is -0.516. The predicted octanol–water partition coefficient (Wildman–Crippen LogP) is 2.19. The summed E-state index contributed by atoms with van der Waals surface area (Å²) in [5.41, 5.74) is 0.425. The van der Waals surface area contributed by atoms with Gasteiger partial charge in [-0.25, -0.2) is 9.59 Å². The molecule has 0 bridgehead atoms. The molecule has 0 amide bonds. The van der Waals surface area contributed by atoms with Crippen molar-refractivity contribution in [3.05, 3.63) is 35.9 Å². The molecule has 0 radical (unpaired) electrons. The third-order valence-electron chi connectivity index (χ3n) is 2.09. The van der Waals surface area contributed by atoms with Gasteiger partial charge in [-0.15, -0.1) is 0 Å². The third kappa shape index (κ3) is 5.15. The smallest absolute Gasteiger partial charge is 0.344 e. The van der Waals surface area contributed by atoms with Crippen molar-refractivity contribution >= 4 is 11.9 Å². The van der Waals surface area contributed by atoms with Crippen LogP contribution in [-0.4, -0.2) is 25.2 Å². The van der Waals surface area contributed by atoms with Crippen LogP contribution in [0.4, 0.5) is 0 Å². The SMILES string of the molecule is CCCCOC(=O)COC(=O)c1ccccc1. The zero-order valence-electron chi connectivity index (χ0n) is 9.85. The van der Waals surface area contributed by atoms with E-state index in [1.807, 2.05) is 6.92 Å². The minimum absolute atomic E-state index is 0.336. The maximum absolute atomic E-state index is 11.4. The zero-order valence-corrected chi connectivity index (χ0v) is 9.85. The van der Waals surface area contributed by atoms with E-state index in [9.17, 15) is 9.59 Å². The summed E-state index contributed by atoms with van der Waals surface area (Å²) in [4.78, 5) is 22.6. The van der Waals surface area contributed by atoms with Gasteiger partial charge in [0.25, 0.3) is 0 Å². The second-order valence-corrected chi connectivity index (χ2v) is 3.52. The molecule has 1 rings (SSSR count). The first-order valence-electron chi connectivity index (χ1n) is 5.62. The van der Waals surface area contributed by atoms with Gasteiger partial charge in [0.2, 0.25) is 0 Å². The monoisotopic (exact) mass is 236 g/mol. The zero-order chi connectivity index (χ0) is 12.5. The standard InChI is InChI=1S/C13H16O4/c1-2-3-9-16-12(14)10-17-13(15)11-7-5-4-6-8-11/h4-8H,2-3,9-10H2,1H3. The van der Waals surface area contributed by atoms with E-state index in [1.54, 1.807) is 30.3 Å². The summed E-state index contributed by atoms with van der Waals surface area (Å²) < 4.78 is 9.66. The molecule has 1 aromatic carbocycles. The number of hydrogen-bond acceptors (Lipinski definition) is 4. The Balaban J connectivity index is 2.26. The van der Waals surface area contributed by atoms with Crippen molar-refractivity contribution < 1.29 is 19.1 Å². The molecule has 0 aliphatic carbocycles. The van der Waals surface area contributed by atoms with Crippen molar-refractivity contribution in [1.82, 2.24) is 0 Å². The van der Waals surface area contributed by atoms with E-state index >= 15 is 0 Å². The number of esters is 2. The van der Waals surface area contributed by atoms with Gasteiger partial charge in [0.1, 0.15) is 0 Å². The van der Waals surface area contributed by atoms with Crippen molar-refractivity contribution in [2.45, 2.75) is 19.8 Å². The molecule has 0 fully saturated rings. The molecule has 0 unspecified atom stereocenters. The highest BCUT2D eigenvalue weighted by Gasteiger charge is 2.09. The van der Waals surface area contributed by atoms with Crippen LogP contribution in [0.15, 0.2) is 30.3 Å². The number of ether oxygens (including phenoxy) is 2. The van der Waals surface area contributed by atoms with Gasteiger partial charge in [-0.05, 0) is 18.6 Å². The van der Waals surface area contributed by atoms with Gasteiger partial charge in [-0.1, -0.05) is 31.5 Å². The highest BCUT2D eigenvalue weighted by Crippen LogP contribution is 2.01. The number of benzene rings is 1. The van der Waals surface area contributed by atoms with Crippen LogP contribution in [0.25, 0.3) is 0 Å². The molecule has 4 nitrogen and oxygen atoms in total. The quantitative estimate of drug-likeness (QED) is 0.561. The molecule has 0 aliphatic heterocycles. The van der Waals surface area contributed by atoms with Gasteiger partial charge >= 0.3 is 11.9 Å². The van der Waals surface area contributed by atoms with Gasteiger partial charge in [-0.3, -0.25) is 0 Å². The molecular formula is C13H16O4. The molecule has 0 N–H and O–H groups in total. The molecule has 0 saturated heterocycles. The van der Waals surface area contributed by atoms with Crippen molar-refractivity contribution in [2.24, 2.45) is 0 Å². The molecule has 4 heteroatoms. The Hall–Kier alpha value is -1.84. The fourth-order valence-electron chi connectivity index (χ4n) is 1.15. The Bertz CT molecular complexity index is 359. The van der Waals surface area contributed by atoms with Crippen LogP contribution in [-0.2, 0) is 14.3 Å². The molecule has 0 heterocycles. The first kappa shape index (κ1) is 13.2. The highest BCUT2D eigenvalue weighted by molar-refractivity contribution is 5.90. The minimum Gasteiger partial charge on any atom is -0.463 e. The summed E-state index contributed by atoms with van der Waals surface area (Å²) in [6.07, 6.45) is 1.77. The summed E-state index contributed by atoms with van der Waals surface area (Å²) in [5, 5.41) is 0. The van der Waals surface area contributed by atoms with E-state index in [0.717, 1.165) is 12.8 Å². The van der Waals surface area contributed by atoms with E-state index in [-0.39, 0.29) is 6.61 Å². The molecule has 17 heavy (non-hydrogen) atoms. The van der Waals surface area contributed by atoms with Crippen LogP contribution in [0.2, 0.25) is 0 Å². The van der Waals surface area contributed by atoms with Crippen LogP contribution in [0.5, 0.6) is 0 Å². The lowest BCUT2D eigenvalue weighted by atomic mass is 10.2. The lowest BCUT2D eigenvalue weighted by Crippen LogP contribution is -2.17. The van der Waals surface area contributed by atoms with Crippen LogP contribution in [0.3, 0.4) is 0 Å². The van der Waals surface area contributed by atoms with Crippen LogP contribution in [0, 0.1) is 0 Å². The fourth-order valence-corrected chi connectivity index (χ4v) is 1.15. The summed E-state index contributed by atoms with van der Waals surface area (Å²) >= 11 is 0. The number of carbonyl (C=O) groups is 2. The Morgan fingerprint density at radius 2 is 1.82 bits per heavy atom. The largest absolute Gasteiger partial charge is 0.463 e. The van der Waals surface area contributed by atoms with E-state index in [4.69, 9.17) is 9.47 Å². The highest BCUT2D eigenvalue weighted by atomic mass is 16.6. The molecule has 0 aliphatic rings. The first-order chi connectivity index (χ1) is 8.24. The Morgan fingerprint density at radius 3 is 2.47 bits per heavy atom. The molecule has 0 aromatic heterocycles. The van der Waals surface area contributed by atoms with Gasteiger partial charge in [-0.2, -0.15) is 0 Å². The maximum Gasteiger partial charge on any atom is 0.344 e. The van der Waals surface area contributed by atoms with Crippen molar-refractivity contribution in [3.63, 3.8) is 0 Å².